The number of fused-ring (bicyclic) bond motifs is 1. The van der Waals surface area contributed by atoms with Crippen molar-refractivity contribution in [2.75, 3.05) is 7.11 Å². The zero-order valence-corrected chi connectivity index (χ0v) is 10.9. The van der Waals surface area contributed by atoms with Crippen molar-refractivity contribution in [3.8, 4) is 17.1 Å². The van der Waals surface area contributed by atoms with Gasteiger partial charge in [0, 0.05) is 11.8 Å². The zero-order chi connectivity index (χ0) is 15.0. The average molecular weight is 293 g/mol. The van der Waals surface area contributed by atoms with Crippen LogP contribution in [0.5, 0.6) is 5.75 Å². The molecule has 0 spiro atoms. The van der Waals surface area contributed by atoms with E-state index >= 15 is 0 Å². The maximum absolute atomic E-state index is 12.7. The molecule has 108 valence electrons. The number of benzene rings is 1. The molecular formula is C14H10F3N3O. The molecule has 4 nitrogen and oxygen atoms in total. The van der Waals surface area contributed by atoms with E-state index in [-0.39, 0.29) is 5.82 Å². The number of hydrogen-bond donors (Lipinski definition) is 0. The van der Waals surface area contributed by atoms with Gasteiger partial charge in [-0.25, -0.2) is 9.50 Å². The topological polar surface area (TPSA) is 39.4 Å². The third-order valence-corrected chi connectivity index (χ3v) is 2.99. The summed E-state index contributed by atoms with van der Waals surface area (Å²) in [4.78, 5) is 4.24. The van der Waals surface area contributed by atoms with Crippen LogP contribution >= 0.6 is 0 Å². The Morgan fingerprint density at radius 3 is 2.67 bits per heavy atom. The largest absolute Gasteiger partial charge is 0.493 e. The van der Waals surface area contributed by atoms with E-state index in [1.54, 1.807) is 18.3 Å². The molecule has 0 bridgehead atoms. The van der Waals surface area contributed by atoms with Crippen LogP contribution in [0, 0.1) is 0 Å². The molecule has 2 aromatic heterocycles. The van der Waals surface area contributed by atoms with Crippen molar-refractivity contribution in [1.82, 2.24) is 14.6 Å². The lowest BCUT2D eigenvalue weighted by atomic mass is 10.1. The maximum Gasteiger partial charge on any atom is 0.416 e. The van der Waals surface area contributed by atoms with Crippen molar-refractivity contribution >= 4 is 5.65 Å². The quantitative estimate of drug-likeness (QED) is 0.726. The molecule has 0 radical (unpaired) electrons. The third-order valence-electron chi connectivity index (χ3n) is 2.99. The Balaban J connectivity index is 2.13. The highest BCUT2D eigenvalue weighted by Crippen LogP contribution is 2.31. The first kappa shape index (κ1) is 13.4. The predicted octanol–water partition coefficient (Wildman–Crippen LogP) is 3.42. The number of halogens is 3. The van der Waals surface area contributed by atoms with Gasteiger partial charge >= 0.3 is 6.18 Å². The van der Waals surface area contributed by atoms with Crippen LogP contribution in [0.1, 0.15) is 5.56 Å². The second-order valence-corrected chi connectivity index (χ2v) is 4.36. The van der Waals surface area contributed by atoms with Gasteiger partial charge in [-0.2, -0.15) is 13.2 Å². The molecule has 0 aliphatic heterocycles. The van der Waals surface area contributed by atoms with Gasteiger partial charge in [-0.3, -0.25) is 0 Å². The van der Waals surface area contributed by atoms with E-state index in [1.807, 2.05) is 0 Å². The second-order valence-electron chi connectivity index (χ2n) is 4.36. The monoisotopic (exact) mass is 293 g/mol. The van der Waals surface area contributed by atoms with E-state index in [1.165, 1.54) is 23.8 Å². The van der Waals surface area contributed by atoms with Crippen molar-refractivity contribution in [3.05, 3.63) is 48.2 Å². The summed E-state index contributed by atoms with van der Waals surface area (Å²) in [7, 11) is 1.49. The fourth-order valence-electron chi connectivity index (χ4n) is 2.00. The molecule has 21 heavy (non-hydrogen) atoms. The van der Waals surface area contributed by atoms with Crippen LogP contribution in [0.4, 0.5) is 13.2 Å². The van der Waals surface area contributed by atoms with Gasteiger partial charge in [-0.1, -0.05) is 12.1 Å². The number of methoxy groups -OCH3 is 1. The Bertz CT molecular complexity index is 796. The van der Waals surface area contributed by atoms with Gasteiger partial charge in [0.25, 0.3) is 0 Å². The predicted molar refractivity (Wildman–Crippen MR) is 70.0 cm³/mol. The summed E-state index contributed by atoms with van der Waals surface area (Å²) in [5.74, 6) is 0.717. The van der Waals surface area contributed by atoms with Crippen LogP contribution in [0.25, 0.3) is 17.0 Å². The van der Waals surface area contributed by atoms with Crippen LogP contribution in [-0.2, 0) is 6.18 Å². The normalized spacial score (nSPS) is 11.8. The first-order valence-electron chi connectivity index (χ1n) is 6.06. The minimum atomic E-state index is -4.40. The molecule has 0 N–H and O–H groups in total. The van der Waals surface area contributed by atoms with Crippen LogP contribution in [0.2, 0.25) is 0 Å². The number of pyridine rings is 1. The number of nitrogens with zero attached hydrogens (tertiary/aromatic N) is 3. The highest BCUT2D eigenvalue weighted by molar-refractivity contribution is 5.62. The van der Waals surface area contributed by atoms with Crippen molar-refractivity contribution in [1.29, 1.82) is 0 Å². The first-order valence-corrected chi connectivity index (χ1v) is 6.06. The first-order chi connectivity index (χ1) is 9.99. The Morgan fingerprint density at radius 2 is 1.95 bits per heavy atom. The molecule has 2 heterocycles. The number of alkyl halides is 3. The van der Waals surface area contributed by atoms with Gasteiger partial charge in [-0.15, -0.1) is 5.10 Å². The summed E-state index contributed by atoms with van der Waals surface area (Å²) < 4.78 is 44.8. The SMILES string of the molecule is COc1cccn2nc(-c3cccc(C(F)(F)F)c3)nc12. The van der Waals surface area contributed by atoms with E-state index in [2.05, 4.69) is 10.1 Å². The lowest BCUT2D eigenvalue weighted by Crippen LogP contribution is -2.04. The van der Waals surface area contributed by atoms with E-state index in [0.717, 1.165) is 12.1 Å². The van der Waals surface area contributed by atoms with E-state index in [0.29, 0.717) is 17.0 Å². The minimum Gasteiger partial charge on any atom is -0.493 e. The molecule has 3 rings (SSSR count). The maximum atomic E-state index is 12.7. The summed E-state index contributed by atoms with van der Waals surface area (Å²) in [6.45, 7) is 0. The summed E-state index contributed by atoms with van der Waals surface area (Å²) in [5, 5.41) is 4.17. The van der Waals surface area contributed by atoms with E-state index in [4.69, 9.17) is 4.74 Å². The molecule has 0 aliphatic carbocycles. The molecule has 0 amide bonds. The van der Waals surface area contributed by atoms with Gasteiger partial charge in [0.1, 0.15) is 0 Å². The average Bonchev–Trinajstić information content (AvgIpc) is 2.90. The number of rotatable bonds is 2. The Hall–Kier alpha value is -2.57. The van der Waals surface area contributed by atoms with Crippen LogP contribution < -0.4 is 4.74 Å². The van der Waals surface area contributed by atoms with Crippen molar-refractivity contribution in [3.63, 3.8) is 0 Å². The molecule has 1 aromatic carbocycles. The third kappa shape index (κ3) is 2.42. The van der Waals surface area contributed by atoms with Crippen molar-refractivity contribution < 1.29 is 17.9 Å². The minimum absolute atomic E-state index is 0.214. The fourth-order valence-corrected chi connectivity index (χ4v) is 2.00. The second kappa shape index (κ2) is 4.76. The Labute approximate surface area is 117 Å². The summed E-state index contributed by atoms with van der Waals surface area (Å²) in [5.41, 5.74) is 0.0220. The molecule has 0 saturated heterocycles. The molecule has 7 heteroatoms. The van der Waals surface area contributed by atoms with Crippen molar-refractivity contribution in [2.24, 2.45) is 0 Å². The molecule has 0 unspecified atom stereocenters. The highest BCUT2D eigenvalue weighted by atomic mass is 19.4. The Kier molecular flexibility index (Phi) is 3.04. The summed E-state index contributed by atoms with van der Waals surface area (Å²) in [6, 6.07) is 8.34. The molecule has 3 aromatic rings. The van der Waals surface area contributed by atoms with Gasteiger partial charge < -0.3 is 4.74 Å². The molecule has 0 atom stereocenters. The molecule has 0 aliphatic rings. The van der Waals surface area contributed by atoms with Crippen molar-refractivity contribution in [2.45, 2.75) is 6.18 Å². The van der Waals surface area contributed by atoms with Gasteiger partial charge in [0.15, 0.2) is 17.2 Å². The van der Waals surface area contributed by atoms with Crippen LogP contribution in [0.3, 0.4) is 0 Å². The zero-order valence-electron chi connectivity index (χ0n) is 10.9. The van der Waals surface area contributed by atoms with Crippen LogP contribution in [-0.4, -0.2) is 21.7 Å². The summed E-state index contributed by atoms with van der Waals surface area (Å²) >= 11 is 0. The lowest BCUT2D eigenvalue weighted by Gasteiger charge is -2.06. The number of ether oxygens (including phenoxy) is 1. The van der Waals surface area contributed by atoms with Gasteiger partial charge in [0.2, 0.25) is 0 Å². The fraction of sp³-hybridized carbons (Fsp3) is 0.143. The van der Waals surface area contributed by atoms with E-state index in [9.17, 15) is 13.2 Å². The molecule has 0 saturated carbocycles. The number of hydrogen-bond acceptors (Lipinski definition) is 3. The smallest absolute Gasteiger partial charge is 0.416 e. The standard InChI is InChI=1S/C14H10F3N3O/c1-21-11-6-3-7-20-13(11)18-12(19-20)9-4-2-5-10(8-9)14(15,16)17/h2-8H,1H3. The lowest BCUT2D eigenvalue weighted by molar-refractivity contribution is -0.137. The molecular weight excluding hydrogens is 283 g/mol. The van der Waals surface area contributed by atoms with E-state index < -0.39 is 11.7 Å². The highest BCUT2D eigenvalue weighted by Gasteiger charge is 2.30. The van der Waals surface area contributed by atoms with Gasteiger partial charge in [-0.05, 0) is 24.3 Å². The molecule has 0 fully saturated rings. The number of aromatic nitrogens is 3. The van der Waals surface area contributed by atoms with Gasteiger partial charge in [0.05, 0.1) is 12.7 Å². The van der Waals surface area contributed by atoms with Crippen LogP contribution in [0.15, 0.2) is 42.6 Å². The Morgan fingerprint density at radius 1 is 1.14 bits per heavy atom. The summed E-state index contributed by atoms with van der Waals surface area (Å²) in [6.07, 6.45) is -2.74.